The lowest BCUT2D eigenvalue weighted by Gasteiger charge is -2.19. The molecule has 0 heterocycles. The first-order valence-corrected chi connectivity index (χ1v) is 7.75. The van der Waals surface area contributed by atoms with Gasteiger partial charge in [0.25, 0.3) is 0 Å². The summed E-state index contributed by atoms with van der Waals surface area (Å²) < 4.78 is 28.9. The summed E-state index contributed by atoms with van der Waals surface area (Å²) in [7, 11) is 6.35. The van der Waals surface area contributed by atoms with Crippen LogP contribution in [-0.4, -0.2) is 39.2 Å². The monoisotopic (exact) mass is 347 g/mol. The molecule has 0 aliphatic heterocycles. The van der Waals surface area contributed by atoms with Crippen LogP contribution in [0.2, 0.25) is 0 Å². The molecule has 2 aromatic rings. The summed E-state index contributed by atoms with van der Waals surface area (Å²) in [4.78, 5) is 14.0. The minimum atomic E-state index is -0.318. The molecule has 1 amide bonds. The van der Waals surface area contributed by atoms with Crippen molar-refractivity contribution in [3.8, 4) is 17.2 Å². The molecule has 5 nitrogen and oxygen atoms in total. The molecule has 0 bridgehead atoms. The van der Waals surface area contributed by atoms with Gasteiger partial charge in [0.15, 0.2) is 11.5 Å². The zero-order valence-corrected chi connectivity index (χ0v) is 14.8. The van der Waals surface area contributed by atoms with E-state index in [2.05, 4.69) is 0 Å². The molecule has 0 atom stereocenters. The molecule has 0 spiro atoms. The van der Waals surface area contributed by atoms with Crippen LogP contribution in [0, 0.1) is 5.82 Å². The number of likely N-dealkylation sites (N-methyl/N-ethyl adjacent to an activating group) is 1. The molecule has 25 heavy (non-hydrogen) atoms. The third kappa shape index (κ3) is 4.62. The van der Waals surface area contributed by atoms with Crippen LogP contribution in [0.15, 0.2) is 36.4 Å². The first-order valence-electron chi connectivity index (χ1n) is 7.75. The van der Waals surface area contributed by atoms with Crippen LogP contribution in [-0.2, 0) is 17.8 Å². The summed E-state index contributed by atoms with van der Waals surface area (Å²) >= 11 is 0. The summed E-state index contributed by atoms with van der Waals surface area (Å²) in [5, 5.41) is 0. The zero-order chi connectivity index (χ0) is 18.4. The molecule has 0 radical (unpaired) electrons. The quantitative estimate of drug-likeness (QED) is 0.772. The normalized spacial score (nSPS) is 10.3. The van der Waals surface area contributed by atoms with Crippen LogP contribution >= 0.6 is 0 Å². The van der Waals surface area contributed by atoms with Gasteiger partial charge in [0.05, 0.1) is 27.8 Å². The van der Waals surface area contributed by atoms with Crippen LogP contribution < -0.4 is 14.2 Å². The van der Waals surface area contributed by atoms with Crippen molar-refractivity contribution in [1.29, 1.82) is 0 Å². The molecule has 0 fully saturated rings. The zero-order valence-electron chi connectivity index (χ0n) is 14.8. The Kier molecular flexibility index (Phi) is 6.22. The van der Waals surface area contributed by atoms with Crippen molar-refractivity contribution in [3.05, 3.63) is 53.3 Å². The van der Waals surface area contributed by atoms with Crippen molar-refractivity contribution in [2.75, 3.05) is 28.4 Å². The van der Waals surface area contributed by atoms with E-state index >= 15 is 0 Å². The molecule has 0 aliphatic rings. The Balaban J connectivity index is 2.12. The average molecular weight is 347 g/mol. The van der Waals surface area contributed by atoms with E-state index in [-0.39, 0.29) is 18.1 Å². The van der Waals surface area contributed by atoms with Crippen molar-refractivity contribution in [3.63, 3.8) is 0 Å². The Morgan fingerprint density at radius 2 is 1.52 bits per heavy atom. The van der Waals surface area contributed by atoms with Crippen molar-refractivity contribution in [1.82, 2.24) is 4.90 Å². The van der Waals surface area contributed by atoms with E-state index in [1.165, 1.54) is 12.1 Å². The summed E-state index contributed by atoms with van der Waals surface area (Å²) in [6, 6.07) is 9.54. The Morgan fingerprint density at radius 1 is 0.960 bits per heavy atom. The molecule has 0 N–H and O–H groups in total. The minimum absolute atomic E-state index is 0.0691. The molecule has 0 unspecified atom stereocenters. The van der Waals surface area contributed by atoms with E-state index in [1.807, 2.05) is 12.1 Å². The topological polar surface area (TPSA) is 48.0 Å². The summed E-state index contributed by atoms with van der Waals surface area (Å²) in [5.74, 6) is 1.20. The highest BCUT2D eigenvalue weighted by Gasteiger charge is 2.16. The maximum Gasteiger partial charge on any atom is 0.227 e. The fraction of sp³-hybridized carbons (Fsp3) is 0.316. The molecular formula is C19H22FNO4. The predicted octanol–water partition coefficient (Wildman–Crippen LogP) is 3.05. The summed E-state index contributed by atoms with van der Waals surface area (Å²) in [6.07, 6.45) is 0.210. The number of rotatable bonds is 7. The number of halogens is 1. The Labute approximate surface area is 146 Å². The SMILES string of the molecule is COc1cc(CN(C)C(=O)Cc2ccc(F)cc2)cc(OC)c1OC. The Bertz CT molecular complexity index is 706. The van der Waals surface area contributed by atoms with Crippen LogP contribution in [0.3, 0.4) is 0 Å². The highest BCUT2D eigenvalue weighted by Crippen LogP contribution is 2.38. The largest absolute Gasteiger partial charge is 0.493 e. The second-order valence-corrected chi connectivity index (χ2v) is 5.59. The van der Waals surface area contributed by atoms with Gasteiger partial charge in [0, 0.05) is 13.6 Å². The molecular weight excluding hydrogens is 325 g/mol. The Hall–Kier alpha value is -2.76. The second kappa shape index (κ2) is 8.37. The highest BCUT2D eigenvalue weighted by molar-refractivity contribution is 5.78. The van der Waals surface area contributed by atoms with Gasteiger partial charge >= 0.3 is 0 Å². The Morgan fingerprint density at radius 3 is 2.00 bits per heavy atom. The van der Waals surface area contributed by atoms with E-state index in [4.69, 9.17) is 14.2 Å². The van der Waals surface area contributed by atoms with E-state index < -0.39 is 0 Å². The van der Waals surface area contributed by atoms with E-state index in [0.717, 1.165) is 11.1 Å². The summed E-state index contributed by atoms with van der Waals surface area (Å²) in [6.45, 7) is 0.386. The molecule has 0 saturated heterocycles. The van der Waals surface area contributed by atoms with Gasteiger partial charge in [-0.1, -0.05) is 12.1 Å². The van der Waals surface area contributed by atoms with Crippen molar-refractivity contribution < 1.29 is 23.4 Å². The van der Waals surface area contributed by atoms with Crippen LogP contribution in [0.1, 0.15) is 11.1 Å². The maximum atomic E-state index is 12.9. The number of ether oxygens (including phenoxy) is 3. The fourth-order valence-electron chi connectivity index (χ4n) is 2.50. The van der Waals surface area contributed by atoms with Crippen molar-refractivity contribution >= 4 is 5.91 Å². The molecule has 0 aromatic heterocycles. The van der Waals surface area contributed by atoms with E-state index in [0.29, 0.717) is 23.8 Å². The van der Waals surface area contributed by atoms with Crippen LogP contribution in [0.4, 0.5) is 4.39 Å². The standard InChI is InChI=1S/C19H22FNO4/c1-21(18(22)11-13-5-7-15(20)8-6-13)12-14-9-16(23-2)19(25-4)17(10-14)24-3/h5-10H,11-12H2,1-4H3. The van der Waals surface area contributed by atoms with E-state index in [9.17, 15) is 9.18 Å². The predicted molar refractivity (Wildman–Crippen MR) is 92.7 cm³/mol. The number of hydrogen-bond acceptors (Lipinski definition) is 4. The van der Waals surface area contributed by atoms with Gasteiger partial charge in [-0.25, -0.2) is 4.39 Å². The lowest BCUT2D eigenvalue weighted by Crippen LogP contribution is -2.27. The number of methoxy groups -OCH3 is 3. The van der Waals surface area contributed by atoms with Gasteiger partial charge in [-0.2, -0.15) is 0 Å². The number of hydrogen-bond donors (Lipinski definition) is 0. The molecule has 6 heteroatoms. The first-order chi connectivity index (χ1) is 12.0. The molecule has 2 rings (SSSR count). The van der Waals surface area contributed by atoms with Crippen molar-refractivity contribution in [2.24, 2.45) is 0 Å². The van der Waals surface area contributed by atoms with E-state index in [1.54, 1.807) is 45.4 Å². The number of benzene rings is 2. The average Bonchev–Trinajstić information content (AvgIpc) is 2.62. The van der Waals surface area contributed by atoms with Gasteiger partial charge in [0.1, 0.15) is 5.82 Å². The number of amides is 1. The maximum absolute atomic E-state index is 12.9. The molecule has 2 aromatic carbocycles. The number of carbonyl (C=O) groups excluding carboxylic acids is 1. The number of carbonyl (C=O) groups is 1. The highest BCUT2D eigenvalue weighted by atomic mass is 19.1. The third-order valence-electron chi connectivity index (χ3n) is 3.84. The second-order valence-electron chi connectivity index (χ2n) is 5.59. The van der Waals surface area contributed by atoms with Crippen LogP contribution in [0.25, 0.3) is 0 Å². The van der Waals surface area contributed by atoms with Crippen molar-refractivity contribution in [2.45, 2.75) is 13.0 Å². The van der Waals surface area contributed by atoms with Gasteiger partial charge < -0.3 is 19.1 Å². The van der Waals surface area contributed by atoms with Gasteiger partial charge in [-0.05, 0) is 35.4 Å². The summed E-state index contributed by atoms with van der Waals surface area (Å²) in [5.41, 5.74) is 1.62. The smallest absolute Gasteiger partial charge is 0.227 e. The van der Waals surface area contributed by atoms with Gasteiger partial charge in [0.2, 0.25) is 11.7 Å². The van der Waals surface area contributed by atoms with Gasteiger partial charge in [-0.3, -0.25) is 4.79 Å². The third-order valence-corrected chi connectivity index (χ3v) is 3.84. The van der Waals surface area contributed by atoms with Gasteiger partial charge in [-0.15, -0.1) is 0 Å². The molecule has 0 saturated carbocycles. The lowest BCUT2D eigenvalue weighted by atomic mass is 10.1. The molecule has 134 valence electrons. The lowest BCUT2D eigenvalue weighted by molar-refractivity contribution is -0.129. The number of nitrogens with zero attached hydrogens (tertiary/aromatic N) is 1. The molecule has 0 aliphatic carbocycles. The minimum Gasteiger partial charge on any atom is -0.493 e. The first kappa shape index (κ1) is 18.6. The van der Waals surface area contributed by atoms with Crippen LogP contribution in [0.5, 0.6) is 17.2 Å². The fourth-order valence-corrected chi connectivity index (χ4v) is 2.50.